The largest absolute Gasteiger partial charge is 0.489 e. The molecule has 0 radical (unpaired) electrons. The number of carbonyl (C=O) groups is 3. The molecule has 0 saturated carbocycles. The molecule has 0 atom stereocenters. The van der Waals surface area contributed by atoms with E-state index < -0.39 is 23.7 Å². The van der Waals surface area contributed by atoms with Crippen LogP contribution in [0.25, 0.3) is 6.08 Å². The van der Waals surface area contributed by atoms with Crippen molar-refractivity contribution in [2.45, 2.75) is 6.61 Å². The highest BCUT2D eigenvalue weighted by Crippen LogP contribution is 2.32. The average Bonchev–Trinajstić information content (AvgIpc) is 2.95. The molecule has 0 aliphatic carbocycles. The van der Waals surface area contributed by atoms with E-state index in [1.54, 1.807) is 42.5 Å². The van der Waals surface area contributed by atoms with E-state index in [2.05, 4.69) is 4.74 Å². The summed E-state index contributed by atoms with van der Waals surface area (Å²) >= 11 is 6.65. The molecular weight excluding hydrogens is 402 g/mol. The Morgan fingerprint density at radius 3 is 2.64 bits per heavy atom. The van der Waals surface area contributed by atoms with Crippen LogP contribution in [0, 0.1) is 0 Å². The van der Waals surface area contributed by atoms with Crippen LogP contribution in [0.4, 0.5) is 4.79 Å². The number of imide groups is 1. The molecule has 0 aromatic heterocycles. The standard InChI is InChI=1S/C20H16ClNO5S/c1-26-18(23)11-22-19(24)17(28-20(22)25)10-14-3-2-4-16(9-14)27-12-13-5-7-15(21)8-6-13/h2-10H,11-12H2,1H3/b17-10+. The highest BCUT2D eigenvalue weighted by Gasteiger charge is 2.36. The maximum Gasteiger partial charge on any atom is 0.325 e. The molecule has 8 heteroatoms. The van der Waals surface area contributed by atoms with Crippen molar-refractivity contribution in [3.05, 3.63) is 69.6 Å². The number of thioether (sulfide) groups is 1. The van der Waals surface area contributed by atoms with Gasteiger partial charge in [0, 0.05) is 5.02 Å². The van der Waals surface area contributed by atoms with Crippen LogP contribution in [-0.4, -0.2) is 35.7 Å². The van der Waals surface area contributed by atoms with E-state index in [4.69, 9.17) is 16.3 Å². The lowest BCUT2D eigenvalue weighted by atomic mass is 10.2. The highest BCUT2D eigenvalue weighted by atomic mass is 35.5. The van der Waals surface area contributed by atoms with Gasteiger partial charge >= 0.3 is 5.97 Å². The summed E-state index contributed by atoms with van der Waals surface area (Å²) in [4.78, 5) is 36.8. The monoisotopic (exact) mass is 417 g/mol. The molecule has 1 saturated heterocycles. The van der Waals surface area contributed by atoms with E-state index >= 15 is 0 Å². The zero-order valence-electron chi connectivity index (χ0n) is 14.9. The summed E-state index contributed by atoms with van der Waals surface area (Å²) in [5.74, 6) is -0.550. The summed E-state index contributed by atoms with van der Waals surface area (Å²) in [6, 6.07) is 14.5. The Balaban J connectivity index is 1.69. The molecule has 3 rings (SSSR count). The fourth-order valence-electron chi connectivity index (χ4n) is 2.42. The number of benzene rings is 2. The first-order valence-corrected chi connectivity index (χ1v) is 9.45. The lowest BCUT2D eigenvalue weighted by Gasteiger charge is -2.09. The molecule has 2 aromatic carbocycles. The Morgan fingerprint density at radius 1 is 1.18 bits per heavy atom. The second kappa shape index (κ2) is 8.95. The van der Waals surface area contributed by atoms with Gasteiger partial charge in [0.15, 0.2) is 0 Å². The maximum atomic E-state index is 12.4. The van der Waals surface area contributed by atoms with Crippen molar-refractivity contribution >= 4 is 46.6 Å². The maximum absolute atomic E-state index is 12.4. The van der Waals surface area contributed by atoms with Gasteiger partial charge in [0.05, 0.1) is 12.0 Å². The minimum Gasteiger partial charge on any atom is -0.489 e. The van der Waals surface area contributed by atoms with Crippen molar-refractivity contribution in [3.63, 3.8) is 0 Å². The van der Waals surface area contributed by atoms with E-state index in [9.17, 15) is 14.4 Å². The van der Waals surface area contributed by atoms with E-state index in [1.165, 1.54) is 7.11 Å². The van der Waals surface area contributed by atoms with Crippen molar-refractivity contribution < 1.29 is 23.9 Å². The fraction of sp³-hybridized carbons (Fsp3) is 0.150. The third kappa shape index (κ3) is 4.94. The Hall–Kier alpha value is -2.77. The Morgan fingerprint density at radius 2 is 1.93 bits per heavy atom. The van der Waals surface area contributed by atoms with Gasteiger partial charge in [-0.15, -0.1) is 0 Å². The molecule has 2 aromatic rings. The lowest BCUT2D eigenvalue weighted by Crippen LogP contribution is -2.34. The number of hydrogen-bond acceptors (Lipinski definition) is 6. The van der Waals surface area contributed by atoms with Crippen LogP contribution in [0.15, 0.2) is 53.4 Å². The second-order valence-electron chi connectivity index (χ2n) is 5.83. The van der Waals surface area contributed by atoms with Crippen LogP contribution >= 0.6 is 23.4 Å². The summed E-state index contributed by atoms with van der Waals surface area (Å²) in [5.41, 5.74) is 1.68. The predicted octanol–water partition coefficient (Wildman–Crippen LogP) is 4.13. The lowest BCUT2D eigenvalue weighted by molar-refractivity contribution is -0.143. The number of hydrogen-bond donors (Lipinski definition) is 0. The van der Waals surface area contributed by atoms with E-state index in [1.807, 2.05) is 12.1 Å². The Kier molecular flexibility index (Phi) is 6.38. The molecular formula is C20H16ClNO5S. The molecule has 6 nitrogen and oxygen atoms in total. The first-order chi connectivity index (χ1) is 13.5. The highest BCUT2D eigenvalue weighted by molar-refractivity contribution is 8.18. The Bertz CT molecular complexity index is 942. The van der Waals surface area contributed by atoms with Crippen LogP contribution < -0.4 is 4.74 Å². The minimum absolute atomic E-state index is 0.240. The second-order valence-corrected chi connectivity index (χ2v) is 7.26. The van der Waals surface area contributed by atoms with E-state index in [0.29, 0.717) is 22.9 Å². The normalized spacial score (nSPS) is 15.2. The van der Waals surface area contributed by atoms with Gasteiger partial charge in [-0.1, -0.05) is 35.9 Å². The average molecular weight is 418 g/mol. The van der Waals surface area contributed by atoms with Crippen molar-refractivity contribution in [1.29, 1.82) is 0 Å². The summed E-state index contributed by atoms with van der Waals surface area (Å²) in [7, 11) is 1.20. The number of carbonyl (C=O) groups excluding carboxylic acids is 3. The van der Waals surface area contributed by atoms with Gasteiger partial charge in [0.1, 0.15) is 18.9 Å². The summed E-state index contributed by atoms with van der Waals surface area (Å²) in [5, 5.41) is 0.156. The third-order valence-electron chi connectivity index (χ3n) is 3.86. The number of nitrogens with zero attached hydrogens (tertiary/aromatic N) is 1. The number of halogens is 1. The minimum atomic E-state index is -0.652. The van der Waals surface area contributed by atoms with Gasteiger partial charge in [-0.25, -0.2) is 0 Å². The number of ether oxygens (including phenoxy) is 2. The van der Waals surface area contributed by atoms with Gasteiger partial charge in [0.2, 0.25) is 0 Å². The first-order valence-electron chi connectivity index (χ1n) is 8.26. The topological polar surface area (TPSA) is 72.9 Å². The molecule has 1 aliphatic heterocycles. The zero-order chi connectivity index (χ0) is 20.1. The van der Waals surface area contributed by atoms with Crippen LogP contribution in [0.3, 0.4) is 0 Å². The van der Waals surface area contributed by atoms with Gasteiger partial charge in [0.25, 0.3) is 11.1 Å². The smallest absolute Gasteiger partial charge is 0.325 e. The zero-order valence-corrected chi connectivity index (χ0v) is 16.5. The SMILES string of the molecule is COC(=O)CN1C(=O)S/C(=C/c2cccc(OCc3ccc(Cl)cc3)c2)C1=O. The Labute approximate surface area is 171 Å². The summed E-state index contributed by atoms with van der Waals surface area (Å²) in [6.45, 7) is -0.0288. The van der Waals surface area contributed by atoms with Gasteiger partial charge in [-0.05, 0) is 53.2 Å². The molecule has 2 amide bonds. The third-order valence-corrected chi connectivity index (χ3v) is 5.02. The van der Waals surface area contributed by atoms with Crippen LogP contribution in [-0.2, 0) is 20.9 Å². The number of rotatable bonds is 6. The van der Waals surface area contributed by atoms with E-state index in [-0.39, 0.29) is 4.91 Å². The van der Waals surface area contributed by atoms with Crippen molar-refractivity contribution in [3.8, 4) is 5.75 Å². The van der Waals surface area contributed by atoms with Crippen LogP contribution in [0.5, 0.6) is 5.75 Å². The first kappa shape index (κ1) is 20.0. The molecule has 0 N–H and O–H groups in total. The summed E-state index contributed by atoms with van der Waals surface area (Å²) in [6.07, 6.45) is 1.59. The molecule has 1 aliphatic rings. The molecule has 0 unspecified atom stereocenters. The van der Waals surface area contributed by atoms with Crippen LogP contribution in [0.1, 0.15) is 11.1 Å². The molecule has 0 bridgehead atoms. The van der Waals surface area contributed by atoms with Crippen molar-refractivity contribution in [2.75, 3.05) is 13.7 Å². The molecule has 144 valence electrons. The van der Waals surface area contributed by atoms with E-state index in [0.717, 1.165) is 22.2 Å². The van der Waals surface area contributed by atoms with Crippen molar-refractivity contribution in [2.24, 2.45) is 0 Å². The van der Waals surface area contributed by atoms with Gasteiger partial charge in [-0.2, -0.15) is 0 Å². The number of esters is 1. The number of amides is 2. The van der Waals surface area contributed by atoms with Crippen molar-refractivity contribution in [1.82, 2.24) is 4.90 Å². The number of methoxy groups -OCH3 is 1. The van der Waals surface area contributed by atoms with Gasteiger partial charge in [-0.3, -0.25) is 19.3 Å². The molecule has 1 fully saturated rings. The predicted molar refractivity (Wildman–Crippen MR) is 107 cm³/mol. The molecule has 1 heterocycles. The quantitative estimate of drug-likeness (QED) is 0.519. The molecule has 0 spiro atoms. The summed E-state index contributed by atoms with van der Waals surface area (Å²) < 4.78 is 10.3. The van der Waals surface area contributed by atoms with Crippen LogP contribution in [0.2, 0.25) is 5.02 Å². The molecule has 28 heavy (non-hydrogen) atoms. The fourth-order valence-corrected chi connectivity index (χ4v) is 3.39. The van der Waals surface area contributed by atoms with Gasteiger partial charge < -0.3 is 9.47 Å².